The summed E-state index contributed by atoms with van der Waals surface area (Å²) in [5, 5.41) is 4.82. The van der Waals surface area contributed by atoms with Gasteiger partial charge in [0.05, 0.1) is 0 Å². The van der Waals surface area contributed by atoms with Crippen LogP contribution in [0.4, 0.5) is 0 Å². The second-order valence-electron chi connectivity index (χ2n) is 5.14. The molecule has 1 aromatic carbocycles. The van der Waals surface area contributed by atoms with Crippen LogP contribution in [0.3, 0.4) is 0 Å². The molecule has 2 aliphatic rings. The van der Waals surface area contributed by atoms with Gasteiger partial charge in [-0.25, -0.2) is 0 Å². The van der Waals surface area contributed by atoms with Gasteiger partial charge in [0.25, 0.3) is 0 Å². The molecule has 2 heteroatoms. The fourth-order valence-corrected chi connectivity index (χ4v) is 6.91. The molecule has 1 aromatic rings. The van der Waals surface area contributed by atoms with Gasteiger partial charge in [0.1, 0.15) is 8.07 Å². The van der Waals surface area contributed by atoms with Crippen molar-refractivity contribution in [1.29, 1.82) is 0 Å². The molecular weight excluding hydrogens is 255 g/mol. The van der Waals surface area contributed by atoms with Crippen LogP contribution in [-0.2, 0) is 0 Å². The van der Waals surface area contributed by atoms with Gasteiger partial charge in [0.15, 0.2) is 0 Å². The Bertz CT molecular complexity index is 540. The first-order valence-electron chi connectivity index (χ1n) is 6.59. The van der Waals surface area contributed by atoms with Gasteiger partial charge in [-0.2, -0.15) is 0 Å². The number of allylic oxidation sites excluding steroid dienone is 8. The van der Waals surface area contributed by atoms with Crippen LogP contribution in [-0.4, -0.2) is 8.07 Å². The molecule has 3 rings (SSSR count). The maximum atomic E-state index is 2.50. The van der Waals surface area contributed by atoms with Crippen LogP contribution in [0, 0.1) is 0 Å². The Morgan fingerprint density at radius 3 is 1.84 bits per heavy atom. The number of hydrogen-bond donors (Lipinski definition) is 0. The van der Waals surface area contributed by atoms with Crippen molar-refractivity contribution in [3.05, 3.63) is 77.2 Å². The maximum Gasteiger partial charge on any atom is 1.00 e. The van der Waals surface area contributed by atoms with Crippen LogP contribution in [0.1, 0.15) is 14.3 Å². The molecule has 0 aromatic heterocycles. The molecule has 0 heterocycles. The summed E-state index contributed by atoms with van der Waals surface area (Å²) in [5.41, 5.74) is 0. The van der Waals surface area contributed by atoms with E-state index in [0.717, 1.165) is 12.8 Å². The Kier molecular flexibility index (Phi) is 4.85. The number of rotatable bonds is 3. The Morgan fingerprint density at radius 2 is 1.42 bits per heavy atom. The molecule has 0 nitrogen and oxygen atoms in total. The van der Waals surface area contributed by atoms with Crippen molar-refractivity contribution in [3.8, 4) is 0 Å². The van der Waals surface area contributed by atoms with E-state index in [1.165, 1.54) is 5.19 Å². The monoisotopic (exact) mass is 274 g/mol. The summed E-state index contributed by atoms with van der Waals surface area (Å²) < 4.78 is 0. The third-order valence-corrected chi connectivity index (χ3v) is 8.98. The summed E-state index contributed by atoms with van der Waals surface area (Å²) in [6.07, 6.45) is 16.0. The van der Waals surface area contributed by atoms with E-state index >= 15 is 0 Å². The number of benzene rings is 1. The van der Waals surface area contributed by atoms with Crippen LogP contribution in [0.2, 0.25) is 6.55 Å². The Morgan fingerprint density at radius 1 is 0.895 bits per heavy atom. The Labute approximate surface area is 140 Å². The van der Waals surface area contributed by atoms with Crippen LogP contribution in [0.25, 0.3) is 0 Å². The fourth-order valence-electron chi connectivity index (χ4n) is 2.98. The van der Waals surface area contributed by atoms with Gasteiger partial charge < -0.3 is 1.43 Å². The zero-order valence-corrected chi connectivity index (χ0v) is 14.8. The van der Waals surface area contributed by atoms with Gasteiger partial charge in [-0.1, -0.05) is 88.9 Å². The molecule has 0 spiro atoms. The van der Waals surface area contributed by atoms with E-state index in [4.69, 9.17) is 0 Å². The topological polar surface area (TPSA) is 0 Å². The van der Waals surface area contributed by atoms with Crippen molar-refractivity contribution in [2.24, 2.45) is 0 Å². The summed E-state index contributed by atoms with van der Waals surface area (Å²) in [6, 6.07) is 11.1. The molecule has 0 radical (unpaired) electrons. The standard InChI is InChI=1S/C17H18Si.Na.H/c1-18(16-11-5-6-12-16,17-13-7-8-14-17)15-9-3-2-4-10-15;;/h2-11,13H,12,14H2,1H3;;/q;+1;-1. The largest absolute Gasteiger partial charge is 1.00 e. The molecule has 0 atom stereocenters. The van der Waals surface area contributed by atoms with Crippen molar-refractivity contribution in [1.82, 2.24) is 0 Å². The maximum absolute atomic E-state index is 2.50. The van der Waals surface area contributed by atoms with Crippen LogP contribution >= 0.6 is 0 Å². The molecule has 2 aliphatic carbocycles. The fraction of sp³-hybridized carbons (Fsp3) is 0.176. The molecule has 0 N–H and O–H groups in total. The van der Waals surface area contributed by atoms with E-state index < -0.39 is 8.07 Å². The molecule has 19 heavy (non-hydrogen) atoms. The molecule has 0 aliphatic heterocycles. The van der Waals surface area contributed by atoms with Gasteiger partial charge in [0.2, 0.25) is 0 Å². The van der Waals surface area contributed by atoms with E-state index in [2.05, 4.69) is 73.3 Å². The normalized spacial score (nSPS) is 17.1. The third-order valence-electron chi connectivity index (χ3n) is 4.18. The average Bonchev–Trinajstić information content (AvgIpc) is 3.12. The first-order chi connectivity index (χ1) is 8.82. The average molecular weight is 274 g/mol. The summed E-state index contributed by atoms with van der Waals surface area (Å²) in [6.45, 7) is 2.50. The number of hydrogen-bond acceptors (Lipinski definition) is 0. The van der Waals surface area contributed by atoms with Crippen molar-refractivity contribution in [3.63, 3.8) is 0 Å². The van der Waals surface area contributed by atoms with Crippen molar-refractivity contribution < 1.29 is 31.0 Å². The van der Waals surface area contributed by atoms with Gasteiger partial charge in [-0.3, -0.25) is 0 Å². The van der Waals surface area contributed by atoms with Gasteiger partial charge in [-0.05, 0) is 12.8 Å². The van der Waals surface area contributed by atoms with E-state index in [1.54, 1.807) is 10.4 Å². The van der Waals surface area contributed by atoms with Gasteiger partial charge in [0, 0.05) is 0 Å². The minimum Gasteiger partial charge on any atom is -1.00 e. The minimum absolute atomic E-state index is 0. The minimum atomic E-state index is -1.66. The Balaban J connectivity index is 0.000001000. The van der Waals surface area contributed by atoms with Gasteiger partial charge >= 0.3 is 29.6 Å². The summed E-state index contributed by atoms with van der Waals surface area (Å²) in [5.74, 6) is 0. The summed E-state index contributed by atoms with van der Waals surface area (Å²) in [7, 11) is -1.66. The second kappa shape index (κ2) is 6.23. The molecule has 0 bridgehead atoms. The molecule has 0 saturated carbocycles. The van der Waals surface area contributed by atoms with E-state index in [9.17, 15) is 0 Å². The molecular formula is C17H19NaSi. The van der Waals surface area contributed by atoms with E-state index in [0.29, 0.717) is 0 Å². The van der Waals surface area contributed by atoms with Crippen molar-refractivity contribution >= 4 is 13.3 Å². The first-order valence-corrected chi connectivity index (χ1v) is 9.09. The van der Waals surface area contributed by atoms with Crippen LogP contribution < -0.4 is 34.7 Å². The van der Waals surface area contributed by atoms with Crippen molar-refractivity contribution in [2.75, 3.05) is 0 Å². The predicted octanol–water partition coefficient (Wildman–Crippen LogP) is 0.940. The molecule has 0 saturated heterocycles. The van der Waals surface area contributed by atoms with Gasteiger partial charge in [-0.15, -0.1) is 0 Å². The van der Waals surface area contributed by atoms with Crippen molar-refractivity contribution in [2.45, 2.75) is 19.4 Å². The van der Waals surface area contributed by atoms with E-state index in [1.807, 2.05) is 0 Å². The third kappa shape index (κ3) is 2.66. The molecule has 92 valence electrons. The first kappa shape index (κ1) is 14.8. The molecule has 0 fully saturated rings. The van der Waals surface area contributed by atoms with Crippen LogP contribution in [0.5, 0.6) is 0 Å². The zero-order chi connectivity index (χ0) is 12.4. The predicted molar refractivity (Wildman–Crippen MR) is 82.5 cm³/mol. The molecule has 0 amide bonds. The Hall–Kier alpha value is -0.603. The smallest absolute Gasteiger partial charge is 1.00 e. The van der Waals surface area contributed by atoms with Crippen LogP contribution in [0.15, 0.2) is 77.2 Å². The zero-order valence-electron chi connectivity index (χ0n) is 12.8. The summed E-state index contributed by atoms with van der Waals surface area (Å²) in [4.78, 5) is 0. The second-order valence-corrected chi connectivity index (χ2v) is 9.25. The summed E-state index contributed by atoms with van der Waals surface area (Å²) >= 11 is 0. The molecule has 0 unspecified atom stereocenters. The van der Waals surface area contributed by atoms with E-state index in [-0.39, 0.29) is 31.0 Å². The SMILES string of the molecule is C[Si](C1=CC=CC1)(C1=CC=CC1)c1ccccc1.[H-].[Na+]. The quantitative estimate of drug-likeness (QED) is 0.720.